The van der Waals surface area contributed by atoms with E-state index >= 15 is 0 Å². The topological polar surface area (TPSA) is 81.5 Å². The minimum absolute atomic E-state index is 0.0936. The van der Waals surface area contributed by atoms with Crippen molar-refractivity contribution in [2.75, 3.05) is 7.11 Å². The number of benzene rings is 1. The van der Waals surface area contributed by atoms with Crippen LogP contribution in [0.25, 0.3) is 0 Å². The lowest BCUT2D eigenvalue weighted by atomic mass is 10.2. The average molecular weight is 281 g/mol. The van der Waals surface area contributed by atoms with Crippen molar-refractivity contribution in [3.05, 3.63) is 41.0 Å². The second-order valence-corrected chi connectivity index (χ2v) is 3.85. The summed E-state index contributed by atoms with van der Waals surface area (Å²) in [6.45, 7) is 0. The number of aromatic nitrogens is 2. The minimum atomic E-state index is -1.04. The number of hydrogen-bond acceptors (Lipinski definition) is 5. The molecule has 1 aromatic heterocycles. The van der Waals surface area contributed by atoms with Crippen LogP contribution in [0.5, 0.6) is 17.6 Å². The highest BCUT2D eigenvalue weighted by molar-refractivity contribution is 6.31. The van der Waals surface area contributed by atoms with Gasteiger partial charge in [0.15, 0.2) is 0 Å². The monoisotopic (exact) mass is 280 g/mol. The number of rotatable bonds is 4. The number of carboxylic acid groups (broad SMARTS) is 1. The van der Waals surface area contributed by atoms with E-state index in [2.05, 4.69) is 9.97 Å². The van der Waals surface area contributed by atoms with Gasteiger partial charge in [0.2, 0.25) is 5.88 Å². The van der Waals surface area contributed by atoms with Gasteiger partial charge in [0.25, 0.3) is 0 Å². The zero-order valence-corrected chi connectivity index (χ0v) is 10.6. The molecule has 0 saturated carbocycles. The van der Waals surface area contributed by atoms with Crippen LogP contribution in [0, 0.1) is 0 Å². The van der Waals surface area contributed by atoms with Gasteiger partial charge in [-0.25, -0.2) is 9.78 Å². The highest BCUT2D eigenvalue weighted by Gasteiger charge is 2.10. The fraction of sp³-hybridized carbons (Fsp3) is 0.0833. The molecule has 1 aromatic carbocycles. The zero-order valence-electron chi connectivity index (χ0n) is 9.83. The molecule has 6 nitrogen and oxygen atoms in total. The van der Waals surface area contributed by atoms with E-state index in [0.717, 1.165) is 0 Å². The number of methoxy groups -OCH3 is 1. The predicted molar refractivity (Wildman–Crippen MR) is 67.1 cm³/mol. The van der Waals surface area contributed by atoms with Crippen molar-refractivity contribution in [2.24, 2.45) is 0 Å². The van der Waals surface area contributed by atoms with Crippen LogP contribution in [0.1, 0.15) is 10.4 Å². The third-order valence-electron chi connectivity index (χ3n) is 2.17. The molecule has 0 radical (unpaired) electrons. The molecular formula is C12H9ClN2O4. The molecule has 98 valence electrons. The standard InChI is InChI=1S/C12H9ClN2O4/c1-18-12-14-6-9(13)10(15-12)19-8-4-2-3-7(5-8)11(16)17/h2-6H,1H3,(H,16,17). The van der Waals surface area contributed by atoms with Crippen LogP contribution < -0.4 is 9.47 Å². The Balaban J connectivity index is 2.30. The molecule has 2 rings (SSSR count). The van der Waals surface area contributed by atoms with E-state index < -0.39 is 5.97 Å². The number of carboxylic acids is 1. The fourth-order valence-corrected chi connectivity index (χ4v) is 1.44. The Bertz CT molecular complexity index is 618. The molecule has 0 atom stereocenters. The normalized spacial score (nSPS) is 10.0. The van der Waals surface area contributed by atoms with Crippen LogP contribution in [0.15, 0.2) is 30.5 Å². The van der Waals surface area contributed by atoms with E-state index in [1.165, 1.54) is 25.4 Å². The smallest absolute Gasteiger partial charge is 0.335 e. The van der Waals surface area contributed by atoms with Crippen molar-refractivity contribution in [3.8, 4) is 17.6 Å². The molecule has 0 amide bonds. The Morgan fingerprint density at radius 2 is 2.21 bits per heavy atom. The molecule has 1 heterocycles. The van der Waals surface area contributed by atoms with Crippen molar-refractivity contribution in [2.45, 2.75) is 0 Å². The molecule has 7 heteroatoms. The van der Waals surface area contributed by atoms with Gasteiger partial charge in [0.1, 0.15) is 10.8 Å². The first kappa shape index (κ1) is 13.1. The maximum atomic E-state index is 10.8. The Morgan fingerprint density at radius 1 is 1.42 bits per heavy atom. The number of hydrogen-bond donors (Lipinski definition) is 1. The molecule has 0 aliphatic heterocycles. The second-order valence-electron chi connectivity index (χ2n) is 3.44. The van der Waals surface area contributed by atoms with Crippen LogP contribution in [-0.4, -0.2) is 28.2 Å². The molecule has 2 aromatic rings. The first-order chi connectivity index (χ1) is 9.10. The third kappa shape index (κ3) is 3.11. The van der Waals surface area contributed by atoms with Crippen molar-refractivity contribution in [1.82, 2.24) is 9.97 Å². The van der Waals surface area contributed by atoms with E-state index in [0.29, 0.717) is 5.75 Å². The van der Waals surface area contributed by atoms with Gasteiger partial charge >= 0.3 is 12.0 Å². The molecular weight excluding hydrogens is 272 g/mol. The van der Waals surface area contributed by atoms with Gasteiger partial charge in [0.05, 0.1) is 18.9 Å². The van der Waals surface area contributed by atoms with Gasteiger partial charge in [-0.05, 0) is 18.2 Å². The Morgan fingerprint density at radius 3 is 2.89 bits per heavy atom. The summed E-state index contributed by atoms with van der Waals surface area (Å²) in [6, 6.07) is 6.08. The van der Waals surface area contributed by atoms with Gasteiger partial charge < -0.3 is 14.6 Å². The average Bonchev–Trinajstić information content (AvgIpc) is 2.41. The third-order valence-corrected chi connectivity index (χ3v) is 2.43. The minimum Gasteiger partial charge on any atom is -0.478 e. The van der Waals surface area contributed by atoms with E-state index in [1.54, 1.807) is 12.1 Å². The molecule has 0 fully saturated rings. The van der Waals surface area contributed by atoms with E-state index in [1.807, 2.05) is 0 Å². The van der Waals surface area contributed by atoms with E-state index in [9.17, 15) is 4.79 Å². The molecule has 0 saturated heterocycles. The van der Waals surface area contributed by atoms with Crippen molar-refractivity contribution in [3.63, 3.8) is 0 Å². The quantitative estimate of drug-likeness (QED) is 0.927. The van der Waals surface area contributed by atoms with Gasteiger partial charge in [-0.1, -0.05) is 17.7 Å². The Hall–Kier alpha value is -2.34. The first-order valence-electron chi connectivity index (χ1n) is 5.18. The summed E-state index contributed by atoms with van der Waals surface area (Å²) in [5.74, 6) is -0.643. The van der Waals surface area contributed by atoms with Gasteiger partial charge in [-0.3, -0.25) is 0 Å². The fourth-order valence-electron chi connectivity index (χ4n) is 1.31. The van der Waals surface area contributed by atoms with Crippen LogP contribution in [0.4, 0.5) is 0 Å². The lowest BCUT2D eigenvalue weighted by Gasteiger charge is -2.07. The maximum Gasteiger partial charge on any atom is 0.335 e. The molecule has 1 N–H and O–H groups in total. The van der Waals surface area contributed by atoms with Crippen molar-refractivity contribution in [1.29, 1.82) is 0 Å². The van der Waals surface area contributed by atoms with Crippen LogP contribution in [-0.2, 0) is 0 Å². The highest BCUT2D eigenvalue weighted by Crippen LogP contribution is 2.28. The number of nitrogens with zero attached hydrogens (tertiary/aromatic N) is 2. The summed E-state index contributed by atoms with van der Waals surface area (Å²) in [4.78, 5) is 18.6. The number of ether oxygens (including phenoxy) is 2. The largest absolute Gasteiger partial charge is 0.478 e. The lowest BCUT2D eigenvalue weighted by Crippen LogP contribution is -1.98. The van der Waals surface area contributed by atoms with E-state index in [4.69, 9.17) is 26.2 Å². The van der Waals surface area contributed by atoms with Gasteiger partial charge in [-0.2, -0.15) is 4.98 Å². The Kier molecular flexibility index (Phi) is 3.82. The summed E-state index contributed by atoms with van der Waals surface area (Å²) in [7, 11) is 1.41. The molecule has 19 heavy (non-hydrogen) atoms. The summed E-state index contributed by atoms with van der Waals surface area (Å²) >= 11 is 5.88. The highest BCUT2D eigenvalue weighted by atomic mass is 35.5. The van der Waals surface area contributed by atoms with Crippen molar-refractivity contribution < 1.29 is 19.4 Å². The van der Waals surface area contributed by atoms with Crippen LogP contribution in [0.3, 0.4) is 0 Å². The maximum absolute atomic E-state index is 10.8. The zero-order chi connectivity index (χ0) is 13.8. The molecule has 0 spiro atoms. The van der Waals surface area contributed by atoms with Gasteiger partial charge in [-0.15, -0.1) is 0 Å². The first-order valence-corrected chi connectivity index (χ1v) is 5.55. The molecule has 0 bridgehead atoms. The van der Waals surface area contributed by atoms with Gasteiger partial charge in [0, 0.05) is 0 Å². The SMILES string of the molecule is COc1ncc(Cl)c(Oc2cccc(C(=O)O)c2)n1. The Labute approximate surface area is 113 Å². The summed E-state index contributed by atoms with van der Waals surface area (Å²) in [5.41, 5.74) is 0.106. The van der Waals surface area contributed by atoms with E-state index in [-0.39, 0.29) is 22.5 Å². The second kappa shape index (κ2) is 5.53. The summed E-state index contributed by atoms with van der Waals surface area (Å²) in [6.07, 6.45) is 1.34. The summed E-state index contributed by atoms with van der Waals surface area (Å²) < 4.78 is 10.3. The summed E-state index contributed by atoms with van der Waals surface area (Å²) in [5, 5.41) is 9.08. The lowest BCUT2D eigenvalue weighted by molar-refractivity contribution is 0.0696. The number of halogens is 1. The van der Waals surface area contributed by atoms with Crippen LogP contribution in [0.2, 0.25) is 5.02 Å². The molecule has 0 aliphatic rings. The van der Waals surface area contributed by atoms with Crippen molar-refractivity contribution >= 4 is 17.6 Å². The predicted octanol–water partition coefficient (Wildman–Crippen LogP) is 2.63. The molecule has 0 aliphatic carbocycles. The number of aromatic carboxylic acids is 1. The van der Waals surface area contributed by atoms with Crippen LogP contribution >= 0.6 is 11.6 Å². The number of carbonyl (C=O) groups is 1. The molecule has 0 unspecified atom stereocenters.